The first kappa shape index (κ1) is 27.9. The van der Waals surface area contributed by atoms with Crippen LogP contribution in [-0.2, 0) is 28.9 Å². The van der Waals surface area contributed by atoms with E-state index in [1.54, 1.807) is 42.6 Å². The summed E-state index contributed by atoms with van der Waals surface area (Å²) in [6, 6.07) is 13.2. The van der Waals surface area contributed by atoms with Crippen molar-refractivity contribution in [1.29, 1.82) is 0 Å². The fourth-order valence-corrected chi connectivity index (χ4v) is 8.12. The lowest BCUT2D eigenvalue weighted by Gasteiger charge is -2.26. The molecule has 208 valence electrons. The number of thiazole rings is 1. The topological polar surface area (TPSA) is 111 Å². The van der Waals surface area contributed by atoms with Crippen LogP contribution in [0.25, 0.3) is 0 Å². The number of benzene rings is 2. The van der Waals surface area contributed by atoms with E-state index in [9.17, 15) is 21.6 Å². The molecule has 0 aliphatic heterocycles. The smallest absolute Gasteiger partial charge is 0.285 e. The van der Waals surface area contributed by atoms with Crippen LogP contribution in [0.4, 0.5) is 5.13 Å². The average Bonchev–Trinajstić information content (AvgIpc) is 3.25. The first-order chi connectivity index (χ1) is 18.7. The molecule has 2 aromatic carbocycles. The van der Waals surface area contributed by atoms with Gasteiger partial charge in [0.25, 0.3) is 10.1 Å². The Hall–Kier alpha value is -2.60. The molecule has 2 saturated carbocycles. The van der Waals surface area contributed by atoms with E-state index >= 15 is 0 Å². The van der Waals surface area contributed by atoms with Gasteiger partial charge in [0.05, 0.1) is 22.2 Å². The fraction of sp³-hybridized carbons (Fsp3) is 0.429. The molecule has 39 heavy (non-hydrogen) atoms. The normalized spacial score (nSPS) is 19.7. The van der Waals surface area contributed by atoms with Gasteiger partial charge in [-0.2, -0.15) is 8.42 Å². The quantitative estimate of drug-likeness (QED) is 0.226. The molecule has 8 nitrogen and oxygen atoms in total. The van der Waals surface area contributed by atoms with Gasteiger partial charge in [0.1, 0.15) is 0 Å². The molecule has 2 unspecified atom stereocenters. The molecule has 3 aromatic rings. The molecule has 2 aliphatic rings. The van der Waals surface area contributed by atoms with E-state index in [0.29, 0.717) is 0 Å². The summed E-state index contributed by atoms with van der Waals surface area (Å²) in [6.45, 7) is 1.63. The van der Waals surface area contributed by atoms with Crippen molar-refractivity contribution < 1.29 is 25.8 Å². The van der Waals surface area contributed by atoms with E-state index in [2.05, 4.69) is 4.98 Å². The van der Waals surface area contributed by atoms with Gasteiger partial charge < -0.3 is 0 Å². The van der Waals surface area contributed by atoms with Crippen LogP contribution in [0.3, 0.4) is 0 Å². The van der Waals surface area contributed by atoms with E-state index < -0.39 is 20.0 Å². The molecule has 2 aliphatic carbocycles. The number of hydrogen-bond donors (Lipinski definition) is 0. The van der Waals surface area contributed by atoms with Gasteiger partial charge in [-0.3, -0.25) is 13.9 Å². The maximum absolute atomic E-state index is 13.5. The third-order valence-electron chi connectivity index (χ3n) is 7.43. The van der Waals surface area contributed by atoms with Crippen molar-refractivity contribution in [1.82, 2.24) is 4.98 Å². The Morgan fingerprint density at radius 1 is 1.00 bits per heavy atom. The standard InChI is InChI=1S/C28H32N2O6S3/c1-20-7-11-24(12-8-20)39(34,35)36-16-4-18-38(32,33)23-13-9-21(10-14-23)25-19-26(25)27(31)30(22-5-2-3-6-22)28-29-15-17-37-28/h7-15,17,22,25-26H,2-6,16,18-19H2,1H3. The van der Waals surface area contributed by atoms with Crippen molar-refractivity contribution in [2.45, 2.75) is 67.2 Å². The molecule has 1 heterocycles. The minimum Gasteiger partial charge on any atom is -0.285 e. The molecule has 0 N–H and O–H groups in total. The Labute approximate surface area is 234 Å². The molecular weight excluding hydrogens is 557 g/mol. The second kappa shape index (κ2) is 11.5. The van der Waals surface area contributed by atoms with E-state index in [4.69, 9.17) is 4.18 Å². The van der Waals surface area contributed by atoms with Crippen molar-refractivity contribution in [2.24, 2.45) is 5.92 Å². The highest BCUT2D eigenvalue weighted by molar-refractivity contribution is 7.91. The van der Waals surface area contributed by atoms with Crippen molar-refractivity contribution in [3.05, 3.63) is 71.2 Å². The van der Waals surface area contributed by atoms with Crippen LogP contribution in [0.15, 0.2) is 69.9 Å². The number of aromatic nitrogens is 1. The molecular formula is C28H32N2O6S3. The van der Waals surface area contributed by atoms with Crippen LogP contribution in [0.2, 0.25) is 0 Å². The van der Waals surface area contributed by atoms with Gasteiger partial charge >= 0.3 is 0 Å². The lowest BCUT2D eigenvalue weighted by molar-refractivity contribution is -0.120. The van der Waals surface area contributed by atoms with Crippen LogP contribution in [0.5, 0.6) is 0 Å². The van der Waals surface area contributed by atoms with E-state index in [0.717, 1.165) is 48.4 Å². The van der Waals surface area contributed by atoms with Crippen molar-refractivity contribution >= 4 is 42.3 Å². The number of aryl methyl sites for hydroxylation is 1. The summed E-state index contributed by atoms with van der Waals surface area (Å²) >= 11 is 1.49. The fourth-order valence-electron chi connectivity index (χ4n) is 5.17. The molecule has 2 atom stereocenters. The Morgan fingerprint density at radius 3 is 2.31 bits per heavy atom. The predicted octanol–water partition coefficient (Wildman–Crippen LogP) is 5.10. The number of carbonyl (C=O) groups excluding carboxylic acids is 1. The molecule has 5 rings (SSSR count). The second-order valence-corrected chi connectivity index (χ2v) is 14.8. The number of amides is 1. The second-order valence-electron chi connectivity index (χ2n) is 10.2. The Kier molecular flexibility index (Phi) is 8.23. The van der Waals surface area contributed by atoms with Crippen LogP contribution < -0.4 is 4.90 Å². The highest BCUT2D eigenvalue weighted by Crippen LogP contribution is 2.50. The minimum absolute atomic E-state index is 0.0430. The molecule has 11 heteroatoms. The summed E-state index contributed by atoms with van der Waals surface area (Å²) in [5.74, 6) is -0.174. The van der Waals surface area contributed by atoms with Crippen molar-refractivity contribution in [3.63, 3.8) is 0 Å². The summed E-state index contributed by atoms with van der Waals surface area (Å²) in [7, 11) is -7.55. The number of hydrogen-bond acceptors (Lipinski definition) is 8. The largest absolute Gasteiger partial charge is 0.296 e. The first-order valence-electron chi connectivity index (χ1n) is 13.2. The molecule has 0 bridgehead atoms. The van der Waals surface area contributed by atoms with E-state index in [-0.39, 0.29) is 52.4 Å². The highest BCUT2D eigenvalue weighted by atomic mass is 32.2. The predicted molar refractivity (Wildman–Crippen MR) is 150 cm³/mol. The van der Waals surface area contributed by atoms with Gasteiger partial charge in [0, 0.05) is 23.5 Å². The highest BCUT2D eigenvalue weighted by Gasteiger charge is 2.48. The van der Waals surface area contributed by atoms with Crippen LogP contribution >= 0.6 is 11.3 Å². The van der Waals surface area contributed by atoms with Gasteiger partial charge in [0.15, 0.2) is 15.0 Å². The van der Waals surface area contributed by atoms with E-state index in [1.807, 2.05) is 17.2 Å². The first-order valence-corrected chi connectivity index (χ1v) is 17.1. The third-order valence-corrected chi connectivity index (χ3v) is 11.3. The zero-order valence-electron chi connectivity index (χ0n) is 21.7. The molecule has 1 amide bonds. The zero-order chi connectivity index (χ0) is 27.6. The summed E-state index contributed by atoms with van der Waals surface area (Å²) < 4.78 is 55.3. The average molecular weight is 589 g/mol. The molecule has 0 radical (unpaired) electrons. The van der Waals surface area contributed by atoms with Crippen molar-refractivity contribution in [2.75, 3.05) is 17.3 Å². The lowest BCUT2D eigenvalue weighted by atomic mass is 10.1. The number of anilines is 1. The summed E-state index contributed by atoms with van der Waals surface area (Å²) in [5.41, 5.74) is 1.88. The van der Waals surface area contributed by atoms with E-state index in [1.165, 1.54) is 23.5 Å². The number of carbonyl (C=O) groups is 1. The lowest BCUT2D eigenvalue weighted by Crippen LogP contribution is -2.40. The zero-order valence-corrected chi connectivity index (χ0v) is 24.2. The molecule has 0 spiro atoms. The van der Waals surface area contributed by atoms with Crippen LogP contribution in [0.1, 0.15) is 55.6 Å². The Balaban J connectivity index is 1.16. The van der Waals surface area contributed by atoms with Gasteiger partial charge in [-0.15, -0.1) is 11.3 Å². The summed E-state index contributed by atoms with van der Waals surface area (Å²) in [6.07, 6.45) is 6.76. The van der Waals surface area contributed by atoms with Gasteiger partial charge in [-0.05, 0) is 68.4 Å². The Bertz CT molecular complexity index is 1500. The van der Waals surface area contributed by atoms with Gasteiger partial charge in [-0.25, -0.2) is 13.4 Å². The third kappa shape index (κ3) is 6.42. The molecule has 0 saturated heterocycles. The monoisotopic (exact) mass is 588 g/mol. The molecule has 2 fully saturated rings. The number of rotatable bonds is 11. The molecule has 1 aromatic heterocycles. The minimum atomic E-state index is -3.94. The van der Waals surface area contributed by atoms with Gasteiger partial charge in [-0.1, -0.05) is 42.7 Å². The Morgan fingerprint density at radius 2 is 1.67 bits per heavy atom. The van der Waals surface area contributed by atoms with Gasteiger partial charge in [0.2, 0.25) is 5.91 Å². The SMILES string of the molecule is Cc1ccc(S(=O)(=O)OCCCS(=O)(=O)c2ccc(C3CC3C(=O)N(c3nccs3)C3CCCC3)cc2)cc1. The maximum Gasteiger partial charge on any atom is 0.296 e. The van der Waals surface area contributed by atoms with Crippen LogP contribution in [-0.4, -0.2) is 46.1 Å². The summed E-state index contributed by atoms with van der Waals surface area (Å²) in [5, 5.41) is 2.65. The van der Waals surface area contributed by atoms with Crippen LogP contribution in [0, 0.1) is 12.8 Å². The number of sulfone groups is 1. The summed E-state index contributed by atoms with van der Waals surface area (Å²) in [4.78, 5) is 20.0. The maximum atomic E-state index is 13.5. The van der Waals surface area contributed by atoms with Crippen molar-refractivity contribution in [3.8, 4) is 0 Å². The number of nitrogens with zero attached hydrogens (tertiary/aromatic N) is 2.